The van der Waals surface area contributed by atoms with Crippen LogP contribution in [-0.2, 0) is 16.6 Å². The molecule has 4 rings (SSSR count). The van der Waals surface area contributed by atoms with Crippen LogP contribution in [0.5, 0.6) is 0 Å². The van der Waals surface area contributed by atoms with E-state index in [-0.39, 0.29) is 17.5 Å². The molecule has 9 heteroatoms. The molecular weight excluding hydrogens is 402 g/mol. The summed E-state index contributed by atoms with van der Waals surface area (Å²) in [5.74, 6) is 0.400. The van der Waals surface area contributed by atoms with Gasteiger partial charge in [0.2, 0.25) is 10.0 Å². The number of halogens is 1. The van der Waals surface area contributed by atoms with Crippen molar-refractivity contribution < 1.29 is 17.7 Å². The van der Waals surface area contributed by atoms with Gasteiger partial charge in [-0.05, 0) is 43.4 Å². The van der Waals surface area contributed by atoms with E-state index in [0.29, 0.717) is 49.8 Å². The van der Waals surface area contributed by atoms with E-state index in [1.54, 1.807) is 34.3 Å². The van der Waals surface area contributed by atoms with Crippen LogP contribution in [-0.4, -0.2) is 53.6 Å². The molecule has 0 aliphatic carbocycles. The molecule has 2 atom stereocenters. The van der Waals surface area contributed by atoms with E-state index in [2.05, 4.69) is 5.16 Å². The Morgan fingerprint density at radius 3 is 2.64 bits per heavy atom. The van der Waals surface area contributed by atoms with Gasteiger partial charge in [-0.2, -0.15) is 4.31 Å². The van der Waals surface area contributed by atoms with Crippen LogP contribution in [0.4, 0.5) is 0 Å². The Hall–Kier alpha value is -1.90. The molecule has 1 aromatic heterocycles. The number of aryl methyl sites for hydroxylation is 1. The van der Waals surface area contributed by atoms with Crippen LogP contribution in [0.25, 0.3) is 0 Å². The summed E-state index contributed by atoms with van der Waals surface area (Å²) in [5.41, 5.74) is 1.19. The Morgan fingerprint density at radius 1 is 1.25 bits per heavy atom. The van der Waals surface area contributed by atoms with Crippen LogP contribution in [0, 0.1) is 12.8 Å². The van der Waals surface area contributed by atoms with E-state index >= 15 is 0 Å². The second kappa shape index (κ2) is 7.50. The van der Waals surface area contributed by atoms with Crippen molar-refractivity contribution in [2.75, 3.05) is 19.6 Å². The normalized spacial score (nSPS) is 24.7. The minimum Gasteiger partial charge on any atom is -0.361 e. The SMILES string of the molecule is Cc1cc(C(=O)N2CC[C@@H]3CN(Cc4ccc(Cl)cc4)S(=O)(=O)[C@@H]3CC2)no1. The van der Waals surface area contributed by atoms with Crippen LogP contribution in [0.2, 0.25) is 5.02 Å². The van der Waals surface area contributed by atoms with Crippen LogP contribution < -0.4 is 0 Å². The van der Waals surface area contributed by atoms with Crippen LogP contribution >= 0.6 is 11.6 Å². The van der Waals surface area contributed by atoms with Gasteiger partial charge in [0.25, 0.3) is 5.91 Å². The van der Waals surface area contributed by atoms with Crippen molar-refractivity contribution >= 4 is 27.5 Å². The fraction of sp³-hybridized carbons (Fsp3) is 0.474. The number of likely N-dealkylation sites (tertiary alicyclic amines) is 1. The van der Waals surface area contributed by atoms with Crippen molar-refractivity contribution in [1.29, 1.82) is 0 Å². The number of benzene rings is 1. The molecule has 0 unspecified atom stereocenters. The number of rotatable bonds is 3. The Kier molecular flexibility index (Phi) is 5.20. The number of carbonyl (C=O) groups excluding carboxylic acids is 1. The van der Waals surface area contributed by atoms with Gasteiger partial charge in [0, 0.05) is 37.3 Å². The number of hydrogen-bond donors (Lipinski definition) is 0. The molecule has 1 aromatic carbocycles. The topological polar surface area (TPSA) is 83.7 Å². The van der Waals surface area contributed by atoms with Crippen molar-refractivity contribution in [2.24, 2.45) is 5.92 Å². The fourth-order valence-corrected chi connectivity index (χ4v) is 6.43. The largest absolute Gasteiger partial charge is 0.361 e. The van der Waals surface area contributed by atoms with Gasteiger partial charge in [-0.25, -0.2) is 8.42 Å². The number of aromatic nitrogens is 1. The van der Waals surface area contributed by atoms with Gasteiger partial charge in [-0.1, -0.05) is 28.9 Å². The molecule has 0 bridgehead atoms. The zero-order valence-electron chi connectivity index (χ0n) is 15.5. The summed E-state index contributed by atoms with van der Waals surface area (Å²) < 4.78 is 32.7. The molecule has 2 aliphatic rings. The Bertz CT molecular complexity index is 973. The molecule has 2 saturated heterocycles. The minimum atomic E-state index is -3.40. The predicted molar refractivity (Wildman–Crippen MR) is 104 cm³/mol. The minimum absolute atomic E-state index is 0.0224. The molecule has 7 nitrogen and oxygen atoms in total. The zero-order valence-corrected chi connectivity index (χ0v) is 17.1. The molecule has 2 aromatic rings. The number of fused-ring (bicyclic) bond motifs is 1. The summed E-state index contributed by atoms with van der Waals surface area (Å²) in [6, 6.07) is 8.86. The monoisotopic (exact) mass is 423 g/mol. The first kappa shape index (κ1) is 19.4. The highest BCUT2D eigenvalue weighted by Gasteiger charge is 2.47. The third kappa shape index (κ3) is 3.68. The number of sulfonamides is 1. The lowest BCUT2D eigenvalue weighted by Gasteiger charge is -2.21. The standard InChI is InChI=1S/C19H22ClN3O4S/c1-13-10-17(21-27-13)19(24)22-8-6-15-12-23(28(25,26)18(15)7-9-22)11-14-2-4-16(20)5-3-14/h2-5,10,15,18H,6-9,11-12H2,1H3/t15-,18-/m1/s1. The molecular formula is C19H22ClN3O4S. The molecule has 0 radical (unpaired) electrons. The summed E-state index contributed by atoms with van der Waals surface area (Å²) in [5, 5.41) is 3.97. The van der Waals surface area contributed by atoms with E-state index in [0.717, 1.165) is 5.56 Å². The molecule has 2 fully saturated rings. The third-order valence-electron chi connectivity index (χ3n) is 5.57. The first-order valence-electron chi connectivity index (χ1n) is 9.30. The maximum atomic E-state index is 13.1. The molecule has 3 heterocycles. The van der Waals surface area contributed by atoms with Crippen molar-refractivity contribution in [3.63, 3.8) is 0 Å². The van der Waals surface area contributed by atoms with Gasteiger partial charge in [-0.3, -0.25) is 4.79 Å². The van der Waals surface area contributed by atoms with Crippen molar-refractivity contribution in [3.05, 3.63) is 52.4 Å². The van der Waals surface area contributed by atoms with Crippen LogP contribution in [0.15, 0.2) is 34.9 Å². The quantitative estimate of drug-likeness (QED) is 0.757. The third-order valence-corrected chi connectivity index (χ3v) is 8.20. The van der Waals surface area contributed by atoms with E-state index < -0.39 is 15.3 Å². The van der Waals surface area contributed by atoms with Crippen LogP contribution in [0.1, 0.15) is 34.7 Å². The summed E-state index contributed by atoms with van der Waals surface area (Å²) >= 11 is 5.91. The van der Waals surface area contributed by atoms with E-state index in [9.17, 15) is 13.2 Å². The maximum absolute atomic E-state index is 13.1. The highest BCUT2D eigenvalue weighted by molar-refractivity contribution is 7.90. The van der Waals surface area contributed by atoms with Crippen LogP contribution in [0.3, 0.4) is 0 Å². The summed E-state index contributed by atoms with van der Waals surface area (Å²) in [7, 11) is -3.40. The summed E-state index contributed by atoms with van der Waals surface area (Å²) in [4.78, 5) is 14.3. The lowest BCUT2D eigenvalue weighted by molar-refractivity contribution is 0.0748. The summed E-state index contributed by atoms with van der Waals surface area (Å²) in [6.07, 6.45) is 1.09. The fourth-order valence-electron chi connectivity index (χ4n) is 4.08. The van der Waals surface area contributed by atoms with E-state index in [4.69, 9.17) is 16.1 Å². The van der Waals surface area contributed by atoms with Crippen molar-refractivity contribution in [2.45, 2.75) is 31.6 Å². The Labute approximate surface area is 169 Å². The van der Waals surface area contributed by atoms with Gasteiger partial charge in [-0.15, -0.1) is 0 Å². The second-order valence-corrected chi connectivity index (χ2v) is 10.0. The predicted octanol–water partition coefficient (Wildman–Crippen LogP) is 2.70. The first-order valence-corrected chi connectivity index (χ1v) is 11.2. The van der Waals surface area contributed by atoms with Crippen molar-refractivity contribution in [3.8, 4) is 0 Å². The molecule has 0 spiro atoms. The number of hydrogen-bond acceptors (Lipinski definition) is 5. The lowest BCUT2D eigenvalue weighted by atomic mass is 10.0. The number of carbonyl (C=O) groups is 1. The Balaban J connectivity index is 1.45. The molecule has 2 aliphatic heterocycles. The molecule has 0 N–H and O–H groups in total. The van der Waals surface area contributed by atoms with Gasteiger partial charge in [0.15, 0.2) is 5.69 Å². The number of nitrogens with zero attached hydrogens (tertiary/aromatic N) is 3. The second-order valence-electron chi connectivity index (χ2n) is 7.45. The molecule has 0 saturated carbocycles. The average molecular weight is 424 g/mol. The average Bonchev–Trinajstić information content (AvgIpc) is 3.09. The first-order chi connectivity index (χ1) is 13.3. The molecule has 1 amide bonds. The Morgan fingerprint density at radius 2 is 1.96 bits per heavy atom. The van der Waals surface area contributed by atoms with Crippen molar-refractivity contribution in [1.82, 2.24) is 14.4 Å². The zero-order chi connectivity index (χ0) is 19.9. The maximum Gasteiger partial charge on any atom is 0.276 e. The highest BCUT2D eigenvalue weighted by Crippen LogP contribution is 2.35. The van der Waals surface area contributed by atoms with E-state index in [1.807, 2.05) is 12.1 Å². The van der Waals surface area contributed by atoms with Gasteiger partial charge in [0.05, 0.1) is 5.25 Å². The van der Waals surface area contributed by atoms with Gasteiger partial charge < -0.3 is 9.42 Å². The van der Waals surface area contributed by atoms with Gasteiger partial charge >= 0.3 is 0 Å². The van der Waals surface area contributed by atoms with Gasteiger partial charge in [0.1, 0.15) is 5.76 Å². The summed E-state index contributed by atoms with van der Waals surface area (Å²) in [6.45, 7) is 3.50. The molecule has 150 valence electrons. The smallest absolute Gasteiger partial charge is 0.276 e. The van der Waals surface area contributed by atoms with E-state index in [1.165, 1.54) is 0 Å². The molecule has 28 heavy (non-hydrogen) atoms. The highest BCUT2D eigenvalue weighted by atomic mass is 35.5. The number of amides is 1. The lowest BCUT2D eigenvalue weighted by Crippen LogP contribution is -2.34.